The lowest BCUT2D eigenvalue weighted by atomic mass is 9.91. The molecule has 0 atom stereocenters. The molecule has 0 spiro atoms. The molecule has 0 heterocycles. The summed E-state index contributed by atoms with van der Waals surface area (Å²) in [6, 6.07) is 0. The molecule has 0 bridgehead atoms. The van der Waals surface area contributed by atoms with Crippen molar-refractivity contribution in [2.75, 3.05) is 11.9 Å². The van der Waals surface area contributed by atoms with Gasteiger partial charge in [-0.1, -0.05) is 57.5 Å². The van der Waals surface area contributed by atoms with Gasteiger partial charge in [0.25, 0.3) is 0 Å². The number of hydrogen-bond donors (Lipinski definition) is 1. The molecule has 16 heavy (non-hydrogen) atoms. The molecule has 0 saturated heterocycles. The molecule has 0 saturated carbocycles. The van der Waals surface area contributed by atoms with E-state index >= 15 is 0 Å². The van der Waals surface area contributed by atoms with Crippen LogP contribution in [0.4, 0.5) is 0 Å². The van der Waals surface area contributed by atoms with Crippen LogP contribution < -0.4 is 5.73 Å². The zero-order valence-electron chi connectivity index (χ0n) is 11.2. The van der Waals surface area contributed by atoms with E-state index in [1.807, 2.05) is 41.5 Å². The number of nitrogens with two attached hydrogens (primary N) is 1. The van der Waals surface area contributed by atoms with Crippen LogP contribution in [0, 0.1) is 10.8 Å². The average molecular weight is 294 g/mol. The first-order valence-corrected chi connectivity index (χ1v) is 6.41. The van der Waals surface area contributed by atoms with Gasteiger partial charge in [0.2, 0.25) is 0 Å². The summed E-state index contributed by atoms with van der Waals surface area (Å²) in [4.78, 5) is 21.5. The molecule has 96 valence electrons. The molecular weight excluding hydrogens is 270 g/mol. The number of Topliss-reactive ketones (excluding diaryl/α,β-unsaturated/α-hetero) is 2. The Bertz CT molecular complexity index is 210. The lowest BCUT2D eigenvalue weighted by Gasteiger charge is -2.13. The third-order valence-electron chi connectivity index (χ3n) is 1.98. The van der Waals surface area contributed by atoms with E-state index in [2.05, 4.69) is 15.9 Å². The molecule has 0 fully saturated rings. The van der Waals surface area contributed by atoms with E-state index in [1.165, 1.54) is 0 Å². The Balaban J connectivity index is 0. The van der Waals surface area contributed by atoms with Crippen molar-refractivity contribution >= 4 is 27.5 Å². The maximum absolute atomic E-state index is 10.8. The molecule has 0 rings (SSSR count). The fourth-order valence-electron chi connectivity index (χ4n) is 0.507. The van der Waals surface area contributed by atoms with Gasteiger partial charge in [-0.2, -0.15) is 0 Å². The number of ketones is 2. The van der Waals surface area contributed by atoms with Gasteiger partial charge >= 0.3 is 0 Å². The topological polar surface area (TPSA) is 60.2 Å². The highest BCUT2D eigenvalue weighted by Gasteiger charge is 2.19. The van der Waals surface area contributed by atoms with Gasteiger partial charge in [0.05, 0.1) is 11.9 Å². The van der Waals surface area contributed by atoms with E-state index in [0.717, 1.165) is 0 Å². The van der Waals surface area contributed by atoms with Crippen molar-refractivity contribution in [3.05, 3.63) is 0 Å². The van der Waals surface area contributed by atoms with Crippen LogP contribution in [0.2, 0.25) is 0 Å². The third kappa shape index (κ3) is 9.04. The van der Waals surface area contributed by atoms with Gasteiger partial charge in [-0.05, 0) is 0 Å². The van der Waals surface area contributed by atoms with Crippen LogP contribution >= 0.6 is 15.9 Å². The van der Waals surface area contributed by atoms with Gasteiger partial charge in [-0.15, -0.1) is 0 Å². The molecule has 0 aliphatic carbocycles. The Kier molecular flexibility index (Phi) is 8.14. The summed E-state index contributed by atoms with van der Waals surface area (Å²) >= 11 is 3.10. The largest absolute Gasteiger partial charge is 0.324 e. The fourth-order valence-corrected chi connectivity index (χ4v) is 1.35. The summed E-state index contributed by atoms with van der Waals surface area (Å²) in [5, 5.41) is 0.469. The zero-order valence-corrected chi connectivity index (χ0v) is 12.8. The Hall–Kier alpha value is -0.220. The first-order chi connectivity index (χ1) is 6.96. The summed E-state index contributed by atoms with van der Waals surface area (Å²) in [7, 11) is 0. The molecule has 0 unspecified atom stereocenters. The highest BCUT2D eigenvalue weighted by Crippen LogP contribution is 2.15. The van der Waals surface area contributed by atoms with Gasteiger partial charge < -0.3 is 5.73 Å². The Morgan fingerprint density at radius 2 is 1.25 bits per heavy atom. The minimum absolute atomic E-state index is 0.109. The van der Waals surface area contributed by atoms with Crippen LogP contribution in [0.3, 0.4) is 0 Å². The highest BCUT2D eigenvalue weighted by molar-refractivity contribution is 9.09. The van der Waals surface area contributed by atoms with E-state index in [-0.39, 0.29) is 28.9 Å². The van der Waals surface area contributed by atoms with Crippen LogP contribution in [0.1, 0.15) is 41.5 Å². The number of carbonyl (C=O) groups excluding carboxylic acids is 2. The van der Waals surface area contributed by atoms with Crippen LogP contribution in [0.25, 0.3) is 0 Å². The number of hydrogen-bond acceptors (Lipinski definition) is 3. The van der Waals surface area contributed by atoms with Crippen molar-refractivity contribution < 1.29 is 9.59 Å². The Morgan fingerprint density at radius 3 is 1.25 bits per heavy atom. The maximum atomic E-state index is 10.8. The lowest BCUT2D eigenvalue weighted by molar-refractivity contribution is -0.125. The standard InChI is InChI=1S/C6H11BrO.C6H13NO/c2*1-6(2,3)5(8)4-7/h4H2,1-3H3;4,7H2,1-3H3. The van der Waals surface area contributed by atoms with Crippen LogP contribution in [0.15, 0.2) is 0 Å². The molecule has 4 heteroatoms. The van der Waals surface area contributed by atoms with Gasteiger partial charge in [-0.25, -0.2) is 0 Å². The molecule has 0 aliphatic heterocycles. The van der Waals surface area contributed by atoms with Gasteiger partial charge in [0.1, 0.15) is 5.78 Å². The van der Waals surface area contributed by atoms with Gasteiger partial charge in [0.15, 0.2) is 5.78 Å². The maximum Gasteiger partial charge on any atom is 0.151 e. The number of halogens is 1. The predicted molar refractivity (Wildman–Crippen MR) is 71.8 cm³/mol. The Labute approximate surface area is 107 Å². The number of carbonyl (C=O) groups is 2. The smallest absolute Gasteiger partial charge is 0.151 e. The van der Waals surface area contributed by atoms with Crippen LogP contribution in [-0.2, 0) is 9.59 Å². The first kappa shape index (κ1) is 18.2. The monoisotopic (exact) mass is 293 g/mol. The summed E-state index contributed by atoms with van der Waals surface area (Å²) in [6.45, 7) is 11.5. The number of alkyl halides is 1. The van der Waals surface area contributed by atoms with E-state index in [1.54, 1.807) is 0 Å². The average Bonchev–Trinajstić information content (AvgIpc) is 2.13. The zero-order chi connectivity index (χ0) is 13.6. The Morgan fingerprint density at radius 1 is 0.938 bits per heavy atom. The van der Waals surface area contributed by atoms with Crippen molar-refractivity contribution in [3.8, 4) is 0 Å². The predicted octanol–water partition coefficient (Wildman–Crippen LogP) is 2.56. The first-order valence-electron chi connectivity index (χ1n) is 5.29. The van der Waals surface area contributed by atoms with Crippen LogP contribution in [-0.4, -0.2) is 23.4 Å². The third-order valence-corrected chi connectivity index (χ3v) is 2.49. The molecule has 0 aromatic rings. The van der Waals surface area contributed by atoms with E-state index in [4.69, 9.17) is 5.73 Å². The van der Waals surface area contributed by atoms with Crippen LogP contribution in [0.5, 0.6) is 0 Å². The van der Waals surface area contributed by atoms with E-state index < -0.39 is 0 Å². The second kappa shape index (κ2) is 7.17. The molecule has 2 N–H and O–H groups in total. The minimum atomic E-state index is -0.255. The second-order valence-corrected chi connectivity index (χ2v) is 6.24. The van der Waals surface area contributed by atoms with Crippen molar-refractivity contribution in [2.45, 2.75) is 41.5 Å². The van der Waals surface area contributed by atoms with E-state index in [9.17, 15) is 9.59 Å². The fraction of sp³-hybridized carbons (Fsp3) is 0.833. The normalized spacial score (nSPS) is 11.5. The van der Waals surface area contributed by atoms with E-state index in [0.29, 0.717) is 5.33 Å². The van der Waals surface area contributed by atoms with Crippen molar-refractivity contribution in [2.24, 2.45) is 16.6 Å². The van der Waals surface area contributed by atoms with Crippen molar-refractivity contribution in [3.63, 3.8) is 0 Å². The molecule has 3 nitrogen and oxygen atoms in total. The molecular formula is C12H24BrNO2. The molecule has 0 aliphatic rings. The number of rotatable bonds is 2. The summed E-state index contributed by atoms with van der Waals surface area (Å²) in [5.41, 5.74) is 4.68. The van der Waals surface area contributed by atoms with Gasteiger partial charge in [0, 0.05) is 10.8 Å². The van der Waals surface area contributed by atoms with Gasteiger partial charge in [-0.3, -0.25) is 9.59 Å². The molecule has 0 aromatic carbocycles. The summed E-state index contributed by atoms with van der Waals surface area (Å²) in [5.74, 6) is 0.356. The van der Waals surface area contributed by atoms with Crippen molar-refractivity contribution in [1.29, 1.82) is 0 Å². The molecule has 0 radical (unpaired) electrons. The lowest BCUT2D eigenvalue weighted by Crippen LogP contribution is -2.27. The minimum Gasteiger partial charge on any atom is -0.324 e. The quantitative estimate of drug-likeness (QED) is 0.796. The molecule has 0 amide bonds. The summed E-state index contributed by atoms with van der Waals surface area (Å²) in [6.07, 6.45) is 0. The SMILES string of the molecule is CC(C)(C)C(=O)CBr.CC(C)(C)C(=O)CN. The summed E-state index contributed by atoms with van der Waals surface area (Å²) < 4.78 is 0. The second-order valence-electron chi connectivity index (χ2n) is 5.68. The molecule has 0 aromatic heterocycles. The van der Waals surface area contributed by atoms with Crippen molar-refractivity contribution in [1.82, 2.24) is 0 Å². The highest BCUT2D eigenvalue weighted by atomic mass is 79.9.